The fraction of sp³-hybridized carbons (Fsp3) is 0.632. The number of benzene rings is 1. The third-order valence-electron chi connectivity index (χ3n) is 5.36. The first-order valence-electron chi connectivity index (χ1n) is 8.91. The Balaban J connectivity index is 1.89. The Kier molecular flexibility index (Phi) is 5.49. The van der Waals surface area contributed by atoms with Gasteiger partial charge >= 0.3 is 0 Å². The summed E-state index contributed by atoms with van der Waals surface area (Å²) in [6.07, 6.45) is 2.93. The summed E-state index contributed by atoms with van der Waals surface area (Å²) < 4.78 is 10.8. The van der Waals surface area contributed by atoms with Crippen LogP contribution in [0, 0.1) is 0 Å². The van der Waals surface area contributed by atoms with E-state index in [2.05, 4.69) is 23.8 Å². The van der Waals surface area contributed by atoms with Gasteiger partial charge in [-0.1, -0.05) is 6.92 Å². The van der Waals surface area contributed by atoms with Gasteiger partial charge in [0.25, 0.3) is 0 Å². The molecule has 1 spiro atoms. The number of piperidine rings is 1. The molecular weight excluding hydrogens is 336 g/mol. The van der Waals surface area contributed by atoms with Crippen molar-refractivity contribution in [1.29, 1.82) is 0 Å². The van der Waals surface area contributed by atoms with E-state index in [1.54, 1.807) is 14.2 Å². The molecule has 1 aromatic carbocycles. The van der Waals surface area contributed by atoms with E-state index in [0.29, 0.717) is 6.54 Å². The van der Waals surface area contributed by atoms with Crippen molar-refractivity contribution in [2.24, 2.45) is 0 Å². The summed E-state index contributed by atoms with van der Waals surface area (Å²) in [7, 11) is 5.47. The Morgan fingerprint density at radius 1 is 1.24 bits per heavy atom. The van der Waals surface area contributed by atoms with Crippen LogP contribution in [0.2, 0.25) is 0 Å². The van der Waals surface area contributed by atoms with Gasteiger partial charge in [0.2, 0.25) is 5.91 Å². The highest BCUT2D eigenvalue weighted by atomic mass is 32.2. The molecule has 5 nitrogen and oxygen atoms in total. The SMILES string of the molecule is CCC1SC2(CCN(C)CC2)N(Cc2ccc(OC)cc2OC)C1=O. The second-order valence-electron chi connectivity index (χ2n) is 6.87. The molecule has 0 N–H and O–H groups in total. The second-order valence-corrected chi connectivity index (χ2v) is 8.43. The molecule has 0 aliphatic carbocycles. The van der Waals surface area contributed by atoms with E-state index in [1.807, 2.05) is 30.0 Å². The minimum Gasteiger partial charge on any atom is -0.497 e. The molecule has 0 saturated carbocycles. The standard InChI is InChI=1S/C19H28N2O3S/c1-5-17-18(22)21(19(25-17)8-10-20(2)11-9-19)13-14-6-7-15(23-3)12-16(14)24-4/h6-7,12,17H,5,8-11,13H2,1-4H3. The largest absolute Gasteiger partial charge is 0.497 e. The maximum atomic E-state index is 13.0. The Hall–Kier alpha value is -1.40. The highest BCUT2D eigenvalue weighted by molar-refractivity contribution is 8.02. The monoisotopic (exact) mass is 364 g/mol. The van der Waals surface area contributed by atoms with E-state index in [-0.39, 0.29) is 16.0 Å². The quantitative estimate of drug-likeness (QED) is 0.803. The smallest absolute Gasteiger partial charge is 0.237 e. The van der Waals surface area contributed by atoms with Crippen LogP contribution in [0.25, 0.3) is 0 Å². The number of methoxy groups -OCH3 is 2. The molecule has 2 fully saturated rings. The second kappa shape index (κ2) is 7.46. The summed E-state index contributed by atoms with van der Waals surface area (Å²) in [5.74, 6) is 1.82. The number of carbonyl (C=O) groups excluding carboxylic acids is 1. The van der Waals surface area contributed by atoms with Crippen LogP contribution in [0.1, 0.15) is 31.7 Å². The predicted octanol–water partition coefficient (Wildman–Crippen LogP) is 2.98. The molecule has 25 heavy (non-hydrogen) atoms. The zero-order valence-corrected chi connectivity index (χ0v) is 16.4. The maximum absolute atomic E-state index is 13.0. The number of likely N-dealkylation sites (tertiary alicyclic amines) is 1. The summed E-state index contributed by atoms with van der Waals surface area (Å²) in [4.78, 5) is 17.4. The Labute approximate surface area is 154 Å². The van der Waals surface area contributed by atoms with Crippen molar-refractivity contribution in [1.82, 2.24) is 9.80 Å². The minimum atomic E-state index is -0.0742. The number of nitrogens with zero attached hydrogens (tertiary/aromatic N) is 2. The third kappa shape index (κ3) is 3.47. The predicted molar refractivity (Wildman–Crippen MR) is 101 cm³/mol. The van der Waals surface area contributed by atoms with Gasteiger partial charge in [0.15, 0.2) is 0 Å². The van der Waals surface area contributed by atoms with Gasteiger partial charge in [-0.25, -0.2) is 0 Å². The van der Waals surface area contributed by atoms with Crippen molar-refractivity contribution in [2.45, 2.75) is 42.9 Å². The summed E-state index contributed by atoms with van der Waals surface area (Å²) in [5, 5.41) is 0.0765. The number of hydrogen-bond donors (Lipinski definition) is 0. The Morgan fingerprint density at radius 3 is 2.56 bits per heavy atom. The Morgan fingerprint density at radius 2 is 1.96 bits per heavy atom. The number of carbonyl (C=O) groups is 1. The molecule has 1 unspecified atom stereocenters. The van der Waals surface area contributed by atoms with Crippen LogP contribution in [-0.4, -0.2) is 60.2 Å². The first-order chi connectivity index (χ1) is 12.0. The highest BCUT2D eigenvalue weighted by Gasteiger charge is 2.51. The lowest BCUT2D eigenvalue weighted by atomic mass is 10.0. The molecule has 2 heterocycles. The molecule has 138 valence electrons. The lowest BCUT2D eigenvalue weighted by Crippen LogP contribution is -2.50. The number of thioether (sulfide) groups is 1. The molecule has 2 aliphatic rings. The van der Waals surface area contributed by atoms with Gasteiger partial charge in [-0.15, -0.1) is 11.8 Å². The van der Waals surface area contributed by atoms with Crippen LogP contribution < -0.4 is 9.47 Å². The van der Waals surface area contributed by atoms with Crippen LogP contribution in [0.4, 0.5) is 0 Å². The molecule has 0 bridgehead atoms. The van der Waals surface area contributed by atoms with E-state index in [0.717, 1.165) is 49.4 Å². The first-order valence-corrected chi connectivity index (χ1v) is 9.79. The molecule has 3 rings (SSSR count). The van der Waals surface area contributed by atoms with Gasteiger partial charge in [-0.3, -0.25) is 4.79 Å². The molecule has 6 heteroatoms. The Bertz CT molecular complexity index is 629. The normalized spacial score (nSPS) is 23.3. The zero-order valence-electron chi connectivity index (χ0n) is 15.6. The van der Waals surface area contributed by atoms with E-state index >= 15 is 0 Å². The average Bonchev–Trinajstić information content (AvgIpc) is 2.90. The first kappa shape index (κ1) is 18.4. The third-order valence-corrected chi connectivity index (χ3v) is 7.24. The van der Waals surface area contributed by atoms with Crippen LogP contribution in [-0.2, 0) is 11.3 Å². The van der Waals surface area contributed by atoms with E-state index in [9.17, 15) is 4.79 Å². The fourth-order valence-corrected chi connectivity index (χ4v) is 5.37. The molecule has 0 aromatic heterocycles. The van der Waals surface area contributed by atoms with Gasteiger partial charge < -0.3 is 19.3 Å². The summed E-state index contributed by atoms with van der Waals surface area (Å²) >= 11 is 1.88. The maximum Gasteiger partial charge on any atom is 0.237 e. The highest BCUT2D eigenvalue weighted by Crippen LogP contribution is 2.49. The fourth-order valence-electron chi connectivity index (χ4n) is 3.74. The van der Waals surface area contributed by atoms with E-state index in [4.69, 9.17) is 9.47 Å². The lowest BCUT2D eigenvalue weighted by molar-refractivity contribution is -0.134. The summed E-state index contributed by atoms with van der Waals surface area (Å²) in [6, 6.07) is 5.84. The number of ether oxygens (including phenoxy) is 2. The van der Waals surface area contributed by atoms with Gasteiger partial charge in [0, 0.05) is 24.7 Å². The molecule has 1 aromatic rings. The molecular formula is C19H28N2O3S. The molecule has 2 saturated heterocycles. The number of rotatable bonds is 5. The molecule has 0 radical (unpaired) electrons. The van der Waals surface area contributed by atoms with Crippen molar-refractivity contribution in [2.75, 3.05) is 34.4 Å². The van der Waals surface area contributed by atoms with Crippen LogP contribution in [0.15, 0.2) is 18.2 Å². The molecule has 1 amide bonds. The van der Waals surface area contributed by atoms with Crippen molar-refractivity contribution in [3.63, 3.8) is 0 Å². The minimum absolute atomic E-state index is 0.0742. The van der Waals surface area contributed by atoms with Crippen molar-refractivity contribution >= 4 is 17.7 Å². The summed E-state index contributed by atoms with van der Waals surface area (Å²) in [6.45, 7) is 4.77. The van der Waals surface area contributed by atoms with Crippen LogP contribution in [0.3, 0.4) is 0 Å². The number of amides is 1. The summed E-state index contributed by atoms with van der Waals surface area (Å²) in [5.41, 5.74) is 1.03. The van der Waals surface area contributed by atoms with Gasteiger partial charge in [-0.05, 0) is 38.4 Å². The van der Waals surface area contributed by atoms with Crippen molar-refractivity contribution in [3.8, 4) is 11.5 Å². The zero-order chi connectivity index (χ0) is 18.0. The lowest BCUT2D eigenvalue weighted by Gasteiger charge is -2.43. The van der Waals surface area contributed by atoms with Crippen molar-refractivity contribution in [3.05, 3.63) is 23.8 Å². The van der Waals surface area contributed by atoms with Crippen LogP contribution in [0.5, 0.6) is 11.5 Å². The number of hydrogen-bond acceptors (Lipinski definition) is 5. The van der Waals surface area contributed by atoms with Crippen LogP contribution >= 0.6 is 11.8 Å². The molecule has 1 atom stereocenters. The van der Waals surface area contributed by atoms with Crippen molar-refractivity contribution < 1.29 is 14.3 Å². The van der Waals surface area contributed by atoms with Gasteiger partial charge in [0.05, 0.1) is 30.9 Å². The van der Waals surface area contributed by atoms with Gasteiger partial charge in [0.1, 0.15) is 11.5 Å². The van der Waals surface area contributed by atoms with E-state index in [1.165, 1.54) is 0 Å². The van der Waals surface area contributed by atoms with E-state index < -0.39 is 0 Å². The molecule has 2 aliphatic heterocycles. The average molecular weight is 365 g/mol. The van der Waals surface area contributed by atoms with Gasteiger partial charge in [-0.2, -0.15) is 0 Å². The topological polar surface area (TPSA) is 42.0 Å².